The summed E-state index contributed by atoms with van der Waals surface area (Å²) in [6.07, 6.45) is 1.82. The molecule has 1 saturated heterocycles. The van der Waals surface area contributed by atoms with Gasteiger partial charge in [0.05, 0.1) is 13.2 Å². The molecule has 130 valence electrons. The van der Waals surface area contributed by atoms with Crippen LogP contribution >= 0.6 is 11.8 Å². The molecule has 0 unspecified atom stereocenters. The van der Waals surface area contributed by atoms with Crippen molar-refractivity contribution in [1.82, 2.24) is 4.90 Å². The maximum atomic E-state index is 11.9. The molecule has 0 radical (unpaired) electrons. The Kier molecular flexibility index (Phi) is 5.76. The quantitative estimate of drug-likeness (QED) is 0.760. The van der Waals surface area contributed by atoms with E-state index in [1.54, 1.807) is 6.07 Å². The van der Waals surface area contributed by atoms with E-state index in [9.17, 15) is 4.79 Å². The minimum absolute atomic E-state index is 0.0433. The van der Waals surface area contributed by atoms with E-state index in [0.717, 1.165) is 37.6 Å². The molecule has 2 heterocycles. The summed E-state index contributed by atoms with van der Waals surface area (Å²) in [5.74, 6) is 1.18. The zero-order chi connectivity index (χ0) is 17.6. The lowest BCUT2D eigenvalue weighted by Crippen LogP contribution is -2.38. The third-order valence-corrected chi connectivity index (χ3v) is 4.67. The van der Waals surface area contributed by atoms with Crippen LogP contribution in [0.4, 0.5) is 0 Å². The molecule has 0 atom stereocenters. The van der Waals surface area contributed by atoms with E-state index in [1.807, 2.05) is 36.6 Å². The lowest BCUT2D eigenvalue weighted by Gasteiger charge is -2.26. The van der Waals surface area contributed by atoms with Gasteiger partial charge in [-0.2, -0.15) is 5.26 Å². The van der Waals surface area contributed by atoms with Crippen molar-refractivity contribution < 1.29 is 13.9 Å². The van der Waals surface area contributed by atoms with E-state index in [4.69, 9.17) is 19.2 Å². The SMILES string of the molecule is CSc1cc(-c2ccc(OCN3CCOCC3)cc2)oc(=O)c1C#N. The second-order valence-electron chi connectivity index (χ2n) is 5.48. The van der Waals surface area contributed by atoms with Crippen molar-refractivity contribution in [3.8, 4) is 23.1 Å². The van der Waals surface area contributed by atoms with Crippen LogP contribution in [0.3, 0.4) is 0 Å². The Hall–Kier alpha value is -2.27. The minimum atomic E-state index is -0.614. The number of hydrogen-bond acceptors (Lipinski definition) is 7. The first kappa shape index (κ1) is 17.5. The molecule has 0 aliphatic carbocycles. The second-order valence-corrected chi connectivity index (χ2v) is 6.33. The number of ether oxygens (including phenoxy) is 2. The number of nitriles is 1. The Balaban J connectivity index is 1.73. The summed E-state index contributed by atoms with van der Waals surface area (Å²) in [6.45, 7) is 3.72. The third-order valence-electron chi connectivity index (χ3n) is 3.90. The van der Waals surface area contributed by atoms with Gasteiger partial charge in [-0.15, -0.1) is 11.8 Å². The Morgan fingerprint density at radius 1 is 1.28 bits per heavy atom. The number of benzene rings is 1. The maximum absolute atomic E-state index is 11.9. The smallest absolute Gasteiger partial charge is 0.355 e. The fourth-order valence-electron chi connectivity index (χ4n) is 2.49. The summed E-state index contributed by atoms with van der Waals surface area (Å²) in [7, 11) is 0. The van der Waals surface area contributed by atoms with Gasteiger partial charge in [-0.1, -0.05) is 0 Å². The van der Waals surface area contributed by atoms with Crippen LogP contribution in [0.25, 0.3) is 11.3 Å². The molecule has 0 bridgehead atoms. The molecule has 0 spiro atoms. The van der Waals surface area contributed by atoms with Crippen LogP contribution in [0.5, 0.6) is 5.75 Å². The molecule has 1 aliphatic rings. The zero-order valence-corrected chi connectivity index (χ0v) is 14.7. The third kappa shape index (κ3) is 4.23. The number of hydrogen-bond donors (Lipinski definition) is 0. The normalized spacial score (nSPS) is 14.9. The molecule has 3 rings (SSSR count). The lowest BCUT2D eigenvalue weighted by molar-refractivity contribution is 0.00408. The molecule has 1 fully saturated rings. The first-order chi connectivity index (χ1) is 12.2. The number of morpholine rings is 1. The van der Waals surface area contributed by atoms with E-state index in [0.29, 0.717) is 17.4 Å². The molecular formula is C18H18N2O4S. The molecule has 2 aromatic rings. The molecule has 6 nitrogen and oxygen atoms in total. The first-order valence-corrected chi connectivity index (χ1v) is 9.09. The molecular weight excluding hydrogens is 340 g/mol. The molecule has 1 aliphatic heterocycles. The summed E-state index contributed by atoms with van der Waals surface area (Å²) in [6, 6.07) is 11.0. The van der Waals surface area contributed by atoms with Gasteiger partial charge in [0.1, 0.15) is 24.3 Å². The van der Waals surface area contributed by atoms with Crippen molar-refractivity contribution in [2.24, 2.45) is 0 Å². The Labute approximate surface area is 150 Å². The van der Waals surface area contributed by atoms with E-state index >= 15 is 0 Å². The summed E-state index contributed by atoms with van der Waals surface area (Å²) >= 11 is 1.35. The van der Waals surface area contributed by atoms with Crippen LogP contribution in [-0.2, 0) is 4.74 Å². The summed E-state index contributed by atoms with van der Waals surface area (Å²) in [5.41, 5.74) is 0.189. The predicted molar refractivity (Wildman–Crippen MR) is 94.8 cm³/mol. The van der Waals surface area contributed by atoms with Crippen LogP contribution in [-0.4, -0.2) is 44.2 Å². The van der Waals surface area contributed by atoms with Crippen LogP contribution < -0.4 is 10.4 Å². The number of rotatable bonds is 5. The van der Waals surface area contributed by atoms with E-state index < -0.39 is 5.63 Å². The average Bonchev–Trinajstić information content (AvgIpc) is 2.67. The highest BCUT2D eigenvalue weighted by molar-refractivity contribution is 7.98. The van der Waals surface area contributed by atoms with Crippen LogP contribution in [0.15, 0.2) is 44.4 Å². The van der Waals surface area contributed by atoms with Gasteiger partial charge in [-0.25, -0.2) is 4.79 Å². The molecule has 0 saturated carbocycles. The number of thioether (sulfide) groups is 1. The van der Waals surface area contributed by atoms with Gasteiger partial charge in [-0.3, -0.25) is 4.90 Å². The van der Waals surface area contributed by atoms with Crippen LogP contribution in [0, 0.1) is 11.3 Å². The zero-order valence-electron chi connectivity index (χ0n) is 13.9. The van der Waals surface area contributed by atoms with Gasteiger partial charge >= 0.3 is 5.63 Å². The number of nitrogens with zero attached hydrogens (tertiary/aromatic N) is 2. The van der Waals surface area contributed by atoms with Crippen molar-refractivity contribution in [3.05, 3.63) is 46.3 Å². The second kappa shape index (κ2) is 8.21. The highest BCUT2D eigenvalue weighted by Crippen LogP contribution is 2.26. The van der Waals surface area contributed by atoms with Gasteiger partial charge in [0, 0.05) is 23.5 Å². The molecule has 1 aromatic heterocycles. The predicted octanol–water partition coefficient (Wildman–Crippen LogP) is 2.57. The Morgan fingerprint density at radius 2 is 2.00 bits per heavy atom. The molecule has 25 heavy (non-hydrogen) atoms. The molecule has 1 aromatic carbocycles. The molecule has 0 N–H and O–H groups in total. The minimum Gasteiger partial charge on any atom is -0.478 e. The lowest BCUT2D eigenvalue weighted by atomic mass is 10.1. The van der Waals surface area contributed by atoms with Crippen molar-refractivity contribution in [1.29, 1.82) is 5.26 Å². The Bertz CT molecular complexity index is 820. The van der Waals surface area contributed by atoms with E-state index in [1.165, 1.54) is 11.8 Å². The average molecular weight is 358 g/mol. The Morgan fingerprint density at radius 3 is 2.64 bits per heavy atom. The summed E-state index contributed by atoms with van der Waals surface area (Å²) in [4.78, 5) is 14.7. The van der Waals surface area contributed by atoms with Crippen molar-refractivity contribution in [3.63, 3.8) is 0 Å². The van der Waals surface area contributed by atoms with Gasteiger partial charge in [0.2, 0.25) is 0 Å². The van der Waals surface area contributed by atoms with Gasteiger partial charge < -0.3 is 13.9 Å². The fraction of sp³-hybridized carbons (Fsp3) is 0.333. The van der Waals surface area contributed by atoms with E-state index in [2.05, 4.69) is 4.90 Å². The van der Waals surface area contributed by atoms with Gasteiger partial charge in [0.25, 0.3) is 0 Å². The van der Waals surface area contributed by atoms with Gasteiger partial charge in [0.15, 0.2) is 5.56 Å². The summed E-state index contributed by atoms with van der Waals surface area (Å²) in [5, 5.41) is 9.04. The molecule has 7 heteroatoms. The van der Waals surface area contributed by atoms with Crippen LogP contribution in [0.1, 0.15) is 5.56 Å². The topological polar surface area (TPSA) is 75.7 Å². The van der Waals surface area contributed by atoms with Crippen molar-refractivity contribution in [2.45, 2.75) is 4.90 Å². The maximum Gasteiger partial charge on any atom is 0.355 e. The first-order valence-electron chi connectivity index (χ1n) is 7.87. The highest BCUT2D eigenvalue weighted by atomic mass is 32.2. The van der Waals surface area contributed by atoms with E-state index in [-0.39, 0.29) is 5.56 Å². The van der Waals surface area contributed by atoms with Gasteiger partial charge in [-0.05, 0) is 36.6 Å². The fourth-order valence-corrected chi connectivity index (χ4v) is 3.05. The highest BCUT2D eigenvalue weighted by Gasteiger charge is 2.13. The van der Waals surface area contributed by atoms with Crippen LogP contribution in [0.2, 0.25) is 0 Å². The molecule has 0 amide bonds. The summed E-state index contributed by atoms with van der Waals surface area (Å²) < 4.78 is 16.3. The van der Waals surface area contributed by atoms with Crippen molar-refractivity contribution >= 4 is 11.8 Å². The largest absolute Gasteiger partial charge is 0.478 e. The van der Waals surface area contributed by atoms with Crippen molar-refractivity contribution in [2.75, 3.05) is 39.3 Å². The monoisotopic (exact) mass is 358 g/mol. The standard InChI is InChI=1S/C18H18N2O4S/c1-25-17-10-16(24-18(21)15(17)11-19)13-2-4-14(5-3-13)23-12-20-6-8-22-9-7-20/h2-5,10H,6-9,12H2,1H3.